The summed E-state index contributed by atoms with van der Waals surface area (Å²) in [6.07, 6.45) is 2.65. The van der Waals surface area contributed by atoms with Gasteiger partial charge in [-0.2, -0.15) is 0 Å². The van der Waals surface area contributed by atoms with Gasteiger partial charge < -0.3 is 4.90 Å². The summed E-state index contributed by atoms with van der Waals surface area (Å²) in [5.41, 5.74) is 0.0720. The van der Waals surface area contributed by atoms with Crippen LogP contribution < -0.4 is 4.72 Å². The first-order valence-electron chi connectivity index (χ1n) is 10.9. The summed E-state index contributed by atoms with van der Waals surface area (Å²) in [4.78, 5) is 18.7. The molecule has 34 heavy (non-hydrogen) atoms. The second-order valence-corrected chi connectivity index (χ2v) is 11.5. The highest BCUT2D eigenvalue weighted by atomic mass is 32.2. The standard InChI is InChI=1S/C23H23F4N3O3S/c1-34(32,33)29-20-19(30(12-23(20,26)27)21(31)22-9-13(10-22)11-22)8-17-3-2-4-18(28-17)14-5-15(24)7-16(25)6-14/h2-7,13,19-20,29H,8-12H2,1H3/t13?,19-,20+,22?/m0/s1. The van der Waals surface area contributed by atoms with Gasteiger partial charge in [-0.15, -0.1) is 0 Å². The number of amides is 1. The maximum absolute atomic E-state index is 15.0. The molecule has 6 nitrogen and oxygen atoms in total. The highest BCUT2D eigenvalue weighted by Gasteiger charge is 2.66. The smallest absolute Gasteiger partial charge is 0.283 e. The van der Waals surface area contributed by atoms with Gasteiger partial charge in [-0.05, 0) is 49.4 Å². The molecule has 3 saturated carbocycles. The van der Waals surface area contributed by atoms with Gasteiger partial charge in [-0.25, -0.2) is 30.7 Å². The van der Waals surface area contributed by atoms with E-state index in [1.54, 1.807) is 12.1 Å². The Morgan fingerprint density at radius 3 is 2.35 bits per heavy atom. The first kappa shape index (κ1) is 23.2. The molecule has 4 aliphatic rings. The monoisotopic (exact) mass is 497 g/mol. The fourth-order valence-electron chi connectivity index (χ4n) is 5.46. The summed E-state index contributed by atoms with van der Waals surface area (Å²) in [7, 11) is -4.00. The van der Waals surface area contributed by atoms with Gasteiger partial charge in [0, 0.05) is 23.7 Å². The third-order valence-corrected chi connectivity index (χ3v) is 7.78. The molecule has 2 atom stereocenters. The van der Waals surface area contributed by atoms with Crippen molar-refractivity contribution in [2.24, 2.45) is 11.3 Å². The van der Waals surface area contributed by atoms with Crippen molar-refractivity contribution < 1.29 is 30.8 Å². The predicted octanol–water partition coefficient (Wildman–Crippen LogP) is 3.13. The van der Waals surface area contributed by atoms with Crippen LogP contribution in [0.3, 0.4) is 0 Å². The number of benzene rings is 1. The summed E-state index contributed by atoms with van der Waals surface area (Å²) in [5, 5.41) is 0. The number of halogens is 4. The van der Waals surface area contributed by atoms with Crippen molar-refractivity contribution in [1.29, 1.82) is 0 Å². The molecule has 2 heterocycles. The fraction of sp³-hybridized carbons (Fsp3) is 0.478. The Hall–Kier alpha value is -2.53. The van der Waals surface area contributed by atoms with Crippen LogP contribution in [0.15, 0.2) is 36.4 Å². The SMILES string of the molecule is CS(=O)(=O)N[C@@H]1[C@H](Cc2cccc(-c3cc(F)cc(F)c3)n2)N(C(=O)C23CC(C2)C3)CC1(F)F. The molecule has 6 rings (SSSR count). The number of pyridine rings is 1. The molecule has 1 aromatic carbocycles. The van der Waals surface area contributed by atoms with E-state index in [4.69, 9.17) is 0 Å². The minimum Gasteiger partial charge on any atom is -0.331 e. The molecule has 2 aromatic rings. The van der Waals surface area contributed by atoms with E-state index in [0.717, 1.165) is 29.4 Å². The maximum Gasteiger partial charge on any atom is 0.283 e. The second-order valence-electron chi connectivity index (χ2n) is 9.76. The van der Waals surface area contributed by atoms with Crippen LogP contribution in [0.5, 0.6) is 0 Å². The van der Waals surface area contributed by atoms with E-state index in [2.05, 4.69) is 4.98 Å². The summed E-state index contributed by atoms with van der Waals surface area (Å²) in [5.74, 6) is -4.96. The molecule has 11 heteroatoms. The molecular formula is C23H23F4N3O3S. The van der Waals surface area contributed by atoms with Crippen LogP contribution in [-0.2, 0) is 21.2 Å². The van der Waals surface area contributed by atoms with Gasteiger partial charge in [-0.3, -0.25) is 9.78 Å². The Balaban J connectivity index is 1.48. The average molecular weight is 498 g/mol. The Bertz CT molecular complexity index is 1230. The minimum atomic E-state index is -4.00. The third-order valence-electron chi connectivity index (χ3n) is 7.10. The van der Waals surface area contributed by atoms with Crippen molar-refractivity contribution in [3.05, 3.63) is 53.7 Å². The van der Waals surface area contributed by atoms with E-state index >= 15 is 8.78 Å². The van der Waals surface area contributed by atoms with Gasteiger partial charge in [0.05, 0.1) is 30.0 Å². The third kappa shape index (κ3) is 4.08. The lowest BCUT2D eigenvalue weighted by atomic mass is 9.44. The Kier molecular flexibility index (Phi) is 5.29. The Morgan fingerprint density at radius 2 is 1.79 bits per heavy atom. The quantitative estimate of drug-likeness (QED) is 0.622. The molecule has 4 fully saturated rings. The van der Waals surface area contributed by atoms with E-state index < -0.39 is 51.6 Å². The first-order chi connectivity index (χ1) is 15.9. The van der Waals surface area contributed by atoms with Crippen LogP contribution in [0.2, 0.25) is 0 Å². The van der Waals surface area contributed by atoms with Gasteiger partial charge in [-0.1, -0.05) is 6.07 Å². The molecule has 1 amide bonds. The van der Waals surface area contributed by atoms with Crippen molar-refractivity contribution in [2.75, 3.05) is 12.8 Å². The van der Waals surface area contributed by atoms with Crippen LogP contribution in [0.25, 0.3) is 11.3 Å². The predicted molar refractivity (Wildman–Crippen MR) is 115 cm³/mol. The van der Waals surface area contributed by atoms with Gasteiger partial charge in [0.25, 0.3) is 5.92 Å². The van der Waals surface area contributed by atoms with Gasteiger partial charge in [0.2, 0.25) is 15.9 Å². The molecule has 2 bridgehead atoms. The van der Waals surface area contributed by atoms with Gasteiger partial charge in [0.15, 0.2) is 0 Å². The Labute approximate surface area is 194 Å². The molecule has 0 radical (unpaired) electrons. The zero-order valence-corrected chi connectivity index (χ0v) is 19.1. The molecular weight excluding hydrogens is 474 g/mol. The minimum absolute atomic E-state index is 0.153. The highest BCUT2D eigenvalue weighted by Crippen LogP contribution is 2.65. The van der Waals surface area contributed by atoms with E-state index in [1.165, 1.54) is 6.07 Å². The topological polar surface area (TPSA) is 79.4 Å². The number of carbonyl (C=O) groups excluding carboxylic acids is 1. The van der Waals surface area contributed by atoms with Crippen molar-refractivity contribution >= 4 is 15.9 Å². The number of sulfonamides is 1. The zero-order valence-electron chi connectivity index (χ0n) is 18.3. The van der Waals surface area contributed by atoms with Crippen LogP contribution in [0.4, 0.5) is 17.6 Å². The largest absolute Gasteiger partial charge is 0.331 e. The number of carbonyl (C=O) groups is 1. The number of nitrogens with one attached hydrogen (secondary N) is 1. The second kappa shape index (κ2) is 7.74. The van der Waals surface area contributed by atoms with E-state index in [-0.39, 0.29) is 23.6 Å². The number of rotatable bonds is 6. The van der Waals surface area contributed by atoms with Crippen LogP contribution in [0, 0.1) is 23.0 Å². The van der Waals surface area contributed by atoms with Crippen molar-refractivity contribution in [3.63, 3.8) is 0 Å². The highest BCUT2D eigenvalue weighted by molar-refractivity contribution is 7.88. The average Bonchev–Trinajstić information content (AvgIpc) is 2.88. The lowest BCUT2D eigenvalue weighted by Gasteiger charge is -2.61. The zero-order chi connectivity index (χ0) is 24.5. The molecule has 182 valence electrons. The number of hydrogen-bond acceptors (Lipinski definition) is 4. The first-order valence-corrected chi connectivity index (χ1v) is 12.8. The lowest BCUT2D eigenvalue weighted by molar-refractivity contribution is -0.178. The number of likely N-dealkylation sites (tertiary alicyclic amines) is 1. The molecule has 1 aliphatic heterocycles. The Morgan fingerprint density at radius 1 is 1.15 bits per heavy atom. The number of nitrogens with zero attached hydrogens (tertiary/aromatic N) is 2. The van der Waals surface area contributed by atoms with Gasteiger partial charge >= 0.3 is 0 Å². The van der Waals surface area contributed by atoms with E-state index in [1.807, 2.05) is 4.72 Å². The molecule has 1 N–H and O–H groups in total. The molecule has 3 aliphatic carbocycles. The molecule has 0 unspecified atom stereocenters. The summed E-state index contributed by atoms with van der Waals surface area (Å²) < 4.78 is 83.2. The summed E-state index contributed by atoms with van der Waals surface area (Å²) in [6, 6.07) is 4.59. The van der Waals surface area contributed by atoms with Crippen LogP contribution >= 0.6 is 0 Å². The molecule has 1 saturated heterocycles. The van der Waals surface area contributed by atoms with Gasteiger partial charge in [0.1, 0.15) is 17.7 Å². The number of alkyl halides is 2. The molecule has 0 spiro atoms. The summed E-state index contributed by atoms with van der Waals surface area (Å²) in [6.45, 7) is -0.884. The maximum atomic E-state index is 15.0. The molecule has 1 aromatic heterocycles. The normalized spacial score (nSPS) is 29.4. The van der Waals surface area contributed by atoms with Crippen LogP contribution in [-0.4, -0.2) is 55.0 Å². The van der Waals surface area contributed by atoms with Crippen molar-refractivity contribution in [2.45, 2.75) is 43.7 Å². The van der Waals surface area contributed by atoms with E-state index in [9.17, 15) is 22.0 Å². The number of hydrogen-bond donors (Lipinski definition) is 1. The lowest BCUT2D eigenvalue weighted by Crippen LogP contribution is -2.62. The van der Waals surface area contributed by atoms with Crippen LogP contribution in [0.1, 0.15) is 25.0 Å². The van der Waals surface area contributed by atoms with E-state index in [0.29, 0.717) is 30.9 Å². The van der Waals surface area contributed by atoms with Crippen molar-refractivity contribution in [1.82, 2.24) is 14.6 Å². The fourth-order valence-corrected chi connectivity index (χ4v) is 6.26. The summed E-state index contributed by atoms with van der Waals surface area (Å²) >= 11 is 0. The van der Waals surface area contributed by atoms with Crippen molar-refractivity contribution in [3.8, 4) is 11.3 Å². The number of aromatic nitrogens is 1.